The summed E-state index contributed by atoms with van der Waals surface area (Å²) >= 11 is 0. The van der Waals surface area contributed by atoms with Gasteiger partial charge in [0.2, 0.25) is 0 Å². The van der Waals surface area contributed by atoms with E-state index in [1.54, 1.807) is 0 Å². The van der Waals surface area contributed by atoms with Crippen molar-refractivity contribution in [3.63, 3.8) is 0 Å². The number of hydrogen-bond donors (Lipinski definition) is 0. The summed E-state index contributed by atoms with van der Waals surface area (Å²) in [5.41, 5.74) is 3.02. The summed E-state index contributed by atoms with van der Waals surface area (Å²) in [4.78, 5) is 2.55. The maximum absolute atomic E-state index is 2.55. The summed E-state index contributed by atoms with van der Waals surface area (Å²) in [5.74, 6) is 0.752. The van der Waals surface area contributed by atoms with Crippen LogP contribution in [0, 0.1) is 5.92 Å². The molecule has 90 valence electrons. The molecule has 2 heterocycles. The molecule has 0 atom stereocenters. The number of hydrogen-bond acceptors (Lipinski definition) is 1. The van der Waals surface area contributed by atoms with Gasteiger partial charge in [-0.3, -0.25) is 4.90 Å². The Morgan fingerprint density at radius 1 is 1.12 bits per heavy atom. The largest absolute Gasteiger partial charge is 0.346 e. The number of aromatic nitrogens is 1. The van der Waals surface area contributed by atoms with E-state index >= 15 is 0 Å². The van der Waals surface area contributed by atoms with Crippen molar-refractivity contribution < 1.29 is 0 Å². The van der Waals surface area contributed by atoms with Gasteiger partial charge in [0, 0.05) is 37.1 Å². The van der Waals surface area contributed by atoms with Crippen LogP contribution in [-0.4, -0.2) is 22.1 Å². The molecule has 1 aromatic rings. The van der Waals surface area contributed by atoms with Crippen LogP contribution >= 0.6 is 0 Å². The molecular weight excluding hydrogens is 196 g/mol. The van der Waals surface area contributed by atoms with Crippen molar-refractivity contribution in [2.75, 3.05) is 6.54 Å². The molecule has 0 fully saturated rings. The summed E-state index contributed by atoms with van der Waals surface area (Å²) in [6, 6.07) is 5.29. The molecule has 0 spiro atoms. The lowest BCUT2D eigenvalue weighted by Gasteiger charge is -2.32. The lowest BCUT2D eigenvalue weighted by Crippen LogP contribution is -2.38. The van der Waals surface area contributed by atoms with Gasteiger partial charge in [-0.1, -0.05) is 13.8 Å². The van der Waals surface area contributed by atoms with Crippen LogP contribution < -0.4 is 0 Å². The van der Waals surface area contributed by atoms with Gasteiger partial charge in [0.05, 0.1) is 0 Å². The van der Waals surface area contributed by atoms with Gasteiger partial charge in [-0.15, -0.1) is 0 Å². The van der Waals surface area contributed by atoms with Crippen LogP contribution in [-0.2, 0) is 19.5 Å². The third-order valence-electron chi connectivity index (χ3n) is 3.49. The van der Waals surface area contributed by atoms with Gasteiger partial charge >= 0.3 is 0 Å². The Balaban J connectivity index is 2.14. The molecular formula is C14H24N2. The van der Waals surface area contributed by atoms with Crippen molar-refractivity contribution in [3.05, 3.63) is 23.5 Å². The summed E-state index contributed by atoms with van der Waals surface area (Å²) < 4.78 is 2.53. The van der Waals surface area contributed by atoms with Crippen molar-refractivity contribution in [2.45, 2.75) is 53.2 Å². The molecule has 0 N–H and O–H groups in total. The van der Waals surface area contributed by atoms with Crippen LogP contribution in [0.2, 0.25) is 0 Å². The highest BCUT2D eigenvalue weighted by atomic mass is 15.2. The van der Waals surface area contributed by atoms with Gasteiger partial charge in [-0.2, -0.15) is 0 Å². The fourth-order valence-corrected chi connectivity index (χ4v) is 2.53. The Kier molecular flexibility index (Phi) is 3.38. The molecule has 1 aromatic heterocycles. The molecule has 0 saturated carbocycles. The van der Waals surface area contributed by atoms with Crippen LogP contribution in [0.3, 0.4) is 0 Å². The highest BCUT2D eigenvalue weighted by molar-refractivity contribution is 5.18. The first-order valence-electron chi connectivity index (χ1n) is 6.49. The molecule has 0 amide bonds. The molecule has 0 bridgehead atoms. The zero-order valence-electron chi connectivity index (χ0n) is 11.0. The van der Waals surface area contributed by atoms with Crippen LogP contribution in [0.4, 0.5) is 0 Å². The zero-order chi connectivity index (χ0) is 11.7. The first-order chi connectivity index (χ1) is 7.58. The molecule has 1 aliphatic rings. The Bertz CT molecular complexity index is 350. The molecule has 2 rings (SSSR count). The molecule has 1 aliphatic heterocycles. The molecule has 0 unspecified atom stereocenters. The maximum atomic E-state index is 2.55. The minimum absolute atomic E-state index is 0.664. The van der Waals surface area contributed by atoms with Gasteiger partial charge in [-0.05, 0) is 38.3 Å². The molecule has 0 radical (unpaired) electrons. The average Bonchev–Trinajstić information content (AvgIpc) is 2.60. The molecule has 0 aliphatic carbocycles. The van der Waals surface area contributed by atoms with Crippen LogP contribution in [0.25, 0.3) is 0 Å². The zero-order valence-corrected chi connectivity index (χ0v) is 11.0. The van der Waals surface area contributed by atoms with E-state index in [-0.39, 0.29) is 0 Å². The van der Waals surface area contributed by atoms with E-state index in [1.807, 2.05) is 0 Å². The number of rotatable bonds is 3. The van der Waals surface area contributed by atoms with E-state index in [4.69, 9.17) is 0 Å². The SMILES string of the molecule is CC(C)Cc1ccc2n1CCN(C(C)C)C2. The van der Waals surface area contributed by atoms with E-state index in [2.05, 4.69) is 49.3 Å². The number of fused-ring (bicyclic) bond motifs is 1. The van der Waals surface area contributed by atoms with Crippen molar-refractivity contribution in [1.29, 1.82) is 0 Å². The van der Waals surface area contributed by atoms with E-state index in [9.17, 15) is 0 Å². The van der Waals surface area contributed by atoms with Crippen molar-refractivity contribution >= 4 is 0 Å². The highest BCUT2D eigenvalue weighted by Crippen LogP contribution is 2.20. The lowest BCUT2D eigenvalue weighted by molar-refractivity contribution is 0.175. The van der Waals surface area contributed by atoms with Crippen molar-refractivity contribution in [3.8, 4) is 0 Å². The quantitative estimate of drug-likeness (QED) is 0.760. The van der Waals surface area contributed by atoms with Crippen LogP contribution in [0.15, 0.2) is 12.1 Å². The summed E-state index contributed by atoms with van der Waals surface area (Å²) in [5, 5.41) is 0. The Morgan fingerprint density at radius 3 is 2.50 bits per heavy atom. The molecule has 0 aromatic carbocycles. The van der Waals surface area contributed by atoms with E-state index in [0.29, 0.717) is 6.04 Å². The minimum atomic E-state index is 0.664. The molecule has 16 heavy (non-hydrogen) atoms. The van der Waals surface area contributed by atoms with Gasteiger partial charge in [0.15, 0.2) is 0 Å². The third kappa shape index (κ3) is 2.32. The van der Waals surface area contributed by atoms with Gasteiger partial charge in [-0.25, -0.2) is 0 Å². The summed E-state index contributed by atoms with van der Waals surface area (Å²) in [7, 11) is 0. The van der Waals surface area contributed by atoms with E-state index in [1.165, 1.54) is 30.9 Å². The Labute approximate surface area is 99.3 Å². The van der Waals surface area contributed by atoms with Crippen molar-refractivity contribution in [2.24, 2.45) is 5.92 Å². The van der Waals surface area contributed by atoms with Crippen molar-refractivity contribution in [1.82, 2.24) is 9.47 Å². The lowest BCUT2D eigenvalue weighted by atomic mass is 10.1. The monoisotopic (exact) mass is 220 g/mol. The first-order valence-corrected chi connectivity index (χ1v) is 6.49. The Hall–Kier alpha value is -0.760. The number of nitrogens with zero attached hydrogens (tertiary/aromatic N) is 2. The predicted molar refractivity (Wildman–Crippen MR) is 68.5 cm³/mol. The van der Waals surface area contributed by atoms with E-state index in [0.717, 1.165) is 12.5 Å². The molecule has 0 saturated heterocycles. The second-order valence-electron chi connectivity index (χ2n) is 5.63. The maximum Gasteiger partial charge on any atom is 0.0390 e. The molecule has 2 heteroatoms. The smallest absolute Gasteiger partial charge is 0.0390 e. The third-order valence-corrected chi connectivity index (χ3v) is 3.49. The van der Waals surface area contributed by atoms with Gasteiger partial charge in [0.1, 0.15) is 0 Å². The normalized spacial score (nSPS) is 17.1. The topological polar surface area (TPSA) is 8.17 Å². The van der Waals surface area contributed by atoms with Crippen LogP contribution in [0.5, 0.6) is 0 Å². The van der Waals surface area contributed by atoms with Gasteiger partial charge < -0.3 is 4.57 Å². The molecule has 2 nitrogen and oxygen atoms in total. The van der Waals surface area contributed by atoms with Crippen LogP contribution in [0.1, 0.15) is 39.1 Å². The fraction of sp³-hybridized carbons (Fsp3) is 0.714. The summed E-state index contributed by atoms with van der Waals surface area (Å²) in [6.45, 7) is 12.6. The minimum Gasteiger partial charge on any atom is -0.346 e. The standard InChI is InChI=1S/C14H24N2/c1-11(2)9-13-5-6-14-10-15(12(3)4)7-8-16(13)14/h5-6,11-12H,7-10H2,1-4H3. The Morgan fingerprint density at radius 2 is 1.88 bits per heavy atom. The van der Waals surface area contributed by atoms with E-state index < -0.39 is 0 Å². The highest BCUT2D eigenvalue weighted by Gasteiger charge is 2.19. The predicted octanol–water partition coefficient (Wildman–Crippen LogP) is 2.91. The van der Waals surface area contributed by atoms with Gasteiger partial charge in [0.25, 0.3) is 0 Å². The summed E-state index contributed by atoms with van der Waals surface area (Å²) in [6.07, 6.45) is 1.21. The second-order valence-corrected chi connectivity index (χ2v) is 5.63. The second kappa shape index (κ2) is 4.62. The average molecular weight is 220 g/mol. The first kappa shape index (κ1) is 11.7. The fourth-order valence-electron chi connectivity index (χ4n) is 2.53.